The van der Waals surface area contributed by atoms with Gasteiger partial charge >= 0.3 is 5.97 Å². The Morgan fingerprint density at radius 3 is 2.70 bits per heavy atom. The standard InChI is InChI=1S/C14H16N2O4/c1-8(2)13(14(18)19)15-12(17)7-10-9-5-3-4-6-11(9)20-16-10/h3-6,8,13H,7H2,1-2H3,(H,15,17)(H,18,19)/t13-/m1/s1. The minimum Gasteiger partial charge on any atom is -0.480 e. The number of carboxylic acid groups (broad SMARTS) is 1. The predicted octanol–water partition coefficient (Wildman–Crippen LogP) is 1.60. The van der Waals surface area contributed by atoms with Gasteiger partial charge in [-0.15, -0.1) is 0 Å². The molecule has 0 unspecified atom stereocenters. The van der Waals surface area contributed by atoms with Crippen LogP contribution in [0.2, 0.25) is 0 Å². The number of hydrogen-bond acceptors (Lipinski definition) is 4. The van der Waals surface area contributed by atoms with Crippen molar-refractivity contribution in [3.8, 4) is 0 Å². The highest BCUT2D eigenvalue weighted by Gasteiger charge is 2.24. The number of amides is 1. The Hall–Kier alpha value is -2.37. The van der Waals surface area contributed by atoms with Gasteiger partial charge in [0.1, 0.15) is 11.7 Å². The van der Waals surface area contributed by atoms with Crippen molar-refractivity contribution < 1.29 is 19.2 Å². The lowest BCUT2D eigenvalue weighted by Gasteiger charge is -2.17. The zero-order valence-electron chi connectivity index (χ0n) is 11.3. The summed E-state index contributed by atoms with van der Waals surface area (Å²) in [6.07, 6.45) is -0.00644. The Bertz CT molecular complexity index is 633. The largest absolute Gasteiger partial charge is 0.480 e. The molecule has 6 heteroatoms. The van der Waals surface area contributed by atoms with Gasteiger partial charge in [-0.25, -0.2) is 4.79 Å². The quantitative estimate of drug-likeness (QED) is 0.865. The fourth-order valence-electron chi connectivity index (χ4n) is 1.96. The molecule has 0 aliphatic rings. The maximum Gasteiger partial charge on any atom is 0.326 e. The number of nitrogens with one attached hydrogen (secondary N) is 1. The molecule has 1 aromatic heterocycles. The van der Waals surface area contributed by atoms with Gasteiger partial charge in [-0.3, -0.25) is 4.79 Å². The first-order valence-corrected chi connectivity index (χ1v) is 6.34. The molecule has 0 saturated heterocycles. The monoisotopic (exact) mass is 276 g/mol. The Labute approximate surface area is 115 Å². The van der Waals surface area contributed by atoms with E-state index in [1.165, 1.54) is 0 Å². The zero-order chi connectivity index (χ0) is 14.7. The maximum atomic E-state index is 11.9. The van der Waals surface area contributed by atoms with Crippen LogP contribution in [0.1, 0.15) is 19.5 Å². The molecular formula is C14H16N2O4. The summed E-state index contributed by atoms with van der Waals surface area (Å²) in [6.45, 7) is 3.48. The van der Waals surface area contributed by atoms with Gasteiger partial charge in [0.25, 0.3) is 0 Å². The van der Waals surface area contributed by atoms with Crippen LogP contribution >= 0.6 is 0 Å². The van der Waals surface area contributed by atoms with Gasteiger partial charge in [0.15, 0.2) is 5.58 Å². The average molecular weight is 276 g/mol. The van der Waals surface area contributed by atoms with Gasteiger partial charge in [-0.1, -0.05) is 31.1 Å². The third-order valence-electron chi connectivity index (χ3n) is 3.03. The van der Waals surface area contributed by atoms with E-state index in [1.54, 1.807) is 19.9 Å². The minimum atomic E-state index is -1.04. The highest BCUT2D eigenvalue weighted by atomic mass is 16.5. The summed E-state index contributed by atoms with van der Waals surface area (Å²) >= 11 is 0. The number of nitrogens with zero attached hydrogens (tertiary/aromatic N) is 1. The smallest absolute Gasteiger partial charge is 0.326 e. The Morgan fingerprint density at radius 2 is 2.05 bits per heavy atom. The molecule has 0 bridgehead atoms. The second-order valence-corrected chi connectivity index (χ2v) is 4.93. The first kappa shape index (κ1) is 14.0. The zero-order valence-corrected chi connectivity index (χ0v) is 11.3. The molecule has 106 valence electrons. The maximum absolute atomic E-state index is 11.9. The van der Waals surface area contributed by atoms with Gasteiger partial charge in [-0.2, -0.15) is 0 Å². The summed E-state index contributed by atoms with van der Waals surface area (Å²) in [5, 5.41) is 16.2. The lowest BCUT2D eigenvalue weighted by Crippen LogP contribution is -2.44. The first-order chi connectivity index (χ1) is 9.49. The number of benzene rings is 1. The van der Waals surface area contributed by atoms with Crippen LogP contribution in [0.5, 0.6) is 0 Å². The predicted molar refractivity (Wildman–Crippen MR) is 72.1 cm³/mol. The van der Waals surface area contributed by atoms with E-state index in [4.69, 9.17) is 9.63 Å². The van der Waals surface area contributed by atoms with Crippen molar-refractivity contribution in [3.05, 3.63) is 30.0 Å². The number of hydrogen-bond donors (Lipinski definition) is 2. The molecular weight excluding hydrogens is 260 g/mol. The van der Waals surface area contributed by atoms with E-state index in [2.05, 4.69) is 10.5 Å². The molecule has 2 rings (SSSR count). The molecule has 20 heavy (non-hydrogen) atoms. The molecule has 1 aromatic carbocycles. The molecule has 0 spiro atoms. The molecule has 2 aromatic rings. The van der Waals surface area contributed by atoms with E-state index < -0.39 is 12.0 Å². The number of aliphatic carboxylic acids is 1. The van der Waals surface area contributed by atoms with Gasteiger partial charge in [0, 0.05) is 5.39 Å². The molecule has 2 N–H and O–H groups in total. The second kappa shape index (κ2) is 5.73. The number of carboxylic acids is 1. The fraction of sp³-hybridized carbons (Fsp3) is 0.357. The molecule has 1 amide bonds. The summed E-state index contributed by atoms with van der Waals surface area (Å²) in [6, 6.07) is 6.32. The molecule has 0 aliphatic heterocycles. The number of para-hydroxylation sites is 1. The van der Waals surface area contributed by atoms with E-state index in [-0.39, 0.29) is 18.2 Å². The van der Waals surface area contributed by atoms with Crippen LogP contribution < -0.4 is 5.32 Å². The molecule has 6 nitrogen and oxygen atoms in total. The minimum absolute atomic E-state index is 0.00644. The Balaban J connectivity index is 2.10. The lowest BCUT2D eigenvalue weighted by atomic mass is 10.0. The van der Waals surface area contributed by atoms with E-state index in [9.17, 15) is 9.59 Å². The molecule has 1 heterocycles. The van der Waals surface area contributed by atoms with Gasteiger partial charge in [0.05, 0.1) is 6.42 Å². The second-order valence-electron chi connectivity index (χ2n) is 4.93. The first-order valence-electron chi connectivity index (χ1n) is 6.34. The summed E-state index contributed by atoms with van der Waals surface area (Å²) in [7, 11) is 0. The highest BCUT2D eigenvalue weighted by molar-refractivity contribution is 5.88. The van der Waals surface area contributed by atoms with Crippen molar-refractivity contribution in [2.45, 2.75) is 26.3 Å². The molecule has 0 aliphatic carbocycles. The van der Waals surface area contributed by atoms with Crippen molar-refractivity contribution in [1.82, 2.24) is 10.5 Å². The SMILES string of the molecule is CC(C)[C@@H](NC(=O)Cc1noc2ccccc12)C(=O)O. The number of carbonyl (C=O) groups is 2. The number of carbonyl (C=O) groups excluding carboxylic acids is 1. The van der Waals surface area contributed by atoms with Gasteiger partial charge < -0.3 is 14.9 Å². The molecule has 1 atom stereocenters. The van der Waals surface area contributed by atoms with Crippen molar-refractivity contribution in [1.29, 1.82) is 0 Å². The summed E-state index contributed by atoms with van der Waals surface area (Å²) in [5.41, 5.74) is 1.11. The highest BCUT2D eigenvalue weighted by Crippen LogP contribution is 2.18. The van der Waals surface area contributed by atoms with Crippen LogP contribution in [-0.4, -0.2) is 28.2 Å². The molecule has 0 saturated carbocycles. The number of fused-ring (bicyclic) bond motifs is 1. The topological polar surface area (TPSA) is 92.4 Å². The normalized spacial score (nSPS) is 12.6. The lowest BCUT2D eigenvalue weighted by molar-refractivity contribution is -0.143. The average Bonchev–Trinajstić information content (AvgIpc) is 2.79. The van der Waals surface area contributed by atoms with Crippen LogP contribution in [0.15, 0.2) is 28.8 Å². The van der Waals surface area contributed by atoms with E-state index >= 15 is 0 Å². The van der Waals surface area contributed by atoms with E-state index in [1.807, 2.05) is 18.2 Å². The van der Waals surface area contributed by atoms with Crippen LogP contribution in [0.4, 0.5) is 0 Å². The van der Waals surface area contributed by atoms with Gasteiger partial charge in [0.2, 0.25) is 5.91 Å². The Morgan fingerprint density at radius 1 is 1.35 bits per heavy atom. The van der Waals surface area contributed by atoms with Gasteiger partial charge in [-0.05, 0) is 18.1 Å². The van der Waals surface area contributed by atoms with Crippen molar-refractivity contribution in [2.75, 3.05) is 0 Å². The summed E-state index contributed by atoms with van der Waals surface area (Å²) < 4.78 is 5.10. The van der Waals surface area contributed by atoms with Crippen molar-refractivity contribution >= 4 is 22.8 Å². The summed E-state index contributed by atoms with van der Waals surface area (Å²) in [5.74, 6) is -1.62. The van der Waals surface area contributed by atoms with Crippen molar-refractivity contribution in [3.63, 3.8) is 0 Å². The van der Waals surface area contributed by atoms with E-state index in [0.29, 0.717) is 11.3 Å². The summed E-state index contributed by atoms with van der Waals surface area (Å²) in [4.78, 5) is 23.0. The van der Waals surface area contributed by atoms with Crippen LogP contribution in [0.25, 0.3) is 11.0 Å². The van der Waals surface area contributed by atoms with Crippen LogP contribution in [-0.2, 0) is 16.0 Å². The number of aromatic nitrogens is 1. The number of rotatable bonds is 5. The Kier molecular flexibility index (Phi) is 4.02. The fourth-order valence-corrected chi connectivity index (χ4v) is 1.96. The molecule has 0 radical (unpaired) electrons. The van der Waals surface area contributed by atoms with E-state index in [0.717, 1.165) is 5.39 Å². The third kappa shape index (κ3) is 2.96. The van der Waals surface area contributed by atoms with Crippen LogP contribution in [0, 0.1) is 5.92 Å². The molecule has 0 fully saturated rings. The van der Waals surface area contributed by atoms with Crippen LogP contribution in [0.3, 0.4) is 0 Å². The third-order valence-corrected chi connectivity index (χ3v) is 3.03. The van der Waals surface area contributed by atoms with Crippen molar-refractivity contribution in [2.24, 2.45) is 5.92 Å².